The number of benzene rings is 1. The Morgan fingerprint density at radius 2 is 1.82 bits per heavy atom. The molecule has 1 aromatic carbocycles. The number of aromatic hydroxyl groups is 1. The molecule has 0 amide bonds. The Hall–Kier alpha value is -3.31. The van der Waals surface area contributed by atoms with Crippen molar-refractivity contribution in [3.05, 3.63) is 29.8 Å². The first-order valence-corrected chi connectivity index (χ1v) is 11.1. The molecule has 2 aromatic rings. The van der Waals surface area contributed by atoms with E-state index in [1.165, 1.54) is 6.07 Å². The number of aliphatic imine (C=N–C) groups is 1. The van der Waals surface area contributed by atoms with Crippen molar-refractivity contribution in [3.63, 3.8) is 0 Å². The van der Waals surface area contributed by atoms with Crippen molar-refractivity contribution < 1.29 is 9.90 Å². The van der Waals surface area contributed by atoms with Gasteiger partial charge in [0.25, 0.3) is 0 Å². The van der Waals surface area contributed by atoms with Crippen LogP contribution in [0.1, 0.15) is 58.9 Å². The lowest BCUT2D eigenvalue weighted by molar-refractivity contribution is -0.113. The van der Waals surface area contributed by atoms with Crippen molar-refractivity contribution in [1.29, 1.82) is 5.26 Å². The first kappa shape index (κ1) is 22.9. The van der Waals surface area contributed by atoms with Crippen LogP contribution in [-0.4, -0.2) is 51.0 Å². The normalized spacial score (nSPS) is 21.7. The van der Waals surface area contributed by atoms with Crippen molar-refractivity contribution in [1.82, 2.24) is 15.5 Å². The predicted octanol–water partition coefficient (Wildman–Crippen LogP) is 3.88. The summed E-state index contributed by atoms with van der Waals surface area (Å²) in [6.07, 6.45) is 1.96. The van der Waals surface area contributed by atoms with E-state index in [0.717, 1.165) is 18.7 Å². The largest absolute Gasteiger partial charge is 0.507 e. The molecule has 0 saturated carbocycles. The average molecular weight is 447 g/mol. The van der Waals surface area contributed by atoms with Crippen LogP contribution in [-0.2, 0) is 4.79 Å². The molecule has 1 saturated heterocycles. The molecule has 3 heterocycles. The fourth-order valence-corrected chi connectivity index (χ4v) is 5.23. The van der Waals surface area contributed by atoms with E-state index < -0.39 is 5.92 Å². The maximum absolute atomic E-state index is 12.4. The molecule has 4 rings (SSSR count). The van der Waals surface area contributed by atoms with Gasteiger partial charge >= 0.3 is 0 Å². The SMILES string of the molecule is CC1=Nc2cc(O)c(-c3ccc(N(C)C4CC(C)(C)NC(C)(C)C4)nn3)cc2C(C#N)C1=O. The molecule has 1 fully saturated rings. The molecule has 0 radical (unpaired) electrons. The lowest BCUT2D eigenvalue weighted by atomic mass is 9.79. The number of anilines is 1. The molecule has 0 spiro atoms. The summed E-state index contributed by atoms with van der Waals surface area (Å²) in [5.41, 5.74) is 2.08. The number of nitrogens with zero attached hydrogens (tertiary/aromatic N) is 5. The third-order valence-corrected chi connectivity index (χ3v) is 6.50. The van der Waals surface area contributed by atoms with E-state index >= 15 is 0 Å². The number of carbonyl (C=O) groups excluding carboxylic acids is 1. The molecule has 33 heavy (non-hydrogen) atoms. The van der Waals surface area contributed by atoms with Gasteiger partial charge in [-0.25, -0.2) is 4.99 Å². The van der Waals surface area contributed by atoms with E-state index in [2.05, 4.69) is 59.2 Å². The zero-order valence-corrected chi connectivity index (χ0v) is 20.0. The van der Waals surface area contributed by atoms with Crippen molar-refractivity contribution in [2.45, 2.75) is 70.5 Å². The summed E-state index contributed by atoms with van der Waals surface area (Å²) in [6.45, 7) is 10.4. The molecule has 1 aromatic heterocycles. The van der Waals surface area contributed by atoms with E-state index in [1.54, 1.807) is 19.1 Å². The quantitative estimate of drug-likeness (QED) is 0.735. The van der Waals surface area contributed by atoms with Gasteiger partial charge < -0.3 is 15.3 Å². The Morgan fingerprint density at radius 3 is 2.39 bits per heavy atom. The number of Topliss-reactive ketones (excluding diaryl/α,β-unsaturated/α-hetero) is 1. The van der Waals surface area contributed by atoms with Crippen LogP contribution in [0, 0.1) is 11.3 Å². The molecule has 1 unspecified atom stereocenters. The molecular formula is C25H30N6O2. The standard InChI is InChI=1S/C25H30N6O2/c1-14-23(33)18(13-26)16-9-17(21(32)10-20(16)27-14)19-7-8-22(29-28-19)31(6)15-11-24(2,3)30-25(4,5)12-15/h7-10,15,18,30,32H,11-12H2,1-6H3. The lowest BCUT2D eigenvalue weighted by Crippen LogP contribution is -2.62. The minimum atomic E-state index is -0.943. The van der Waals surface area contributed by atoms with Crippen LogP contribution in [0.25, 0.3) is 11.3 Å². The maximum Gasteiger partial charge on any atom is 0.198 e. The Labute approximate surface area is 194 Å². The highest BCUT2D eigenvalue weighted by atomic mass is 16.3. The summed E-state index contributed by atoms with van der Waals surface area (Å²) in [5, 5.41) is 32.6. The van der Waals surface area contributed by atoms with Crippen LogP contribution in [0.2, 0.25) is 0 Å². The maximum atomic E-state index is 12.4. The second-order valence-electron chi connectivity index (χ2n) is 10.4. The van der Waals surface area contributed by atoms with Gasteiger partial charge in [-0.15, -0.1) is 10.2 Å². The second-order valence-corrected chi connectivity index (χ2v) is 10.4. The Bertz CT molecular complexity index is 1160. The summed E-state index contributed by atoms with van der Waals surface area (Å²) in [4.78, 5) is 18.8. The minimum absolute atomic E-state index is 0.0124. The highest BCUT2D eigenvalue weighted by molar-refractivity contribution is 6.43. The fraction of sp³-hybridized carbons (Fsp3) is 0.480. The highest BCUT2D eigenvalue weighted by Gasteiger charge is 2.39. The zero-order valence-electron chi connectivity index (χ0n) is 20.0. The number of ketones is 1. The zero-order chi connectivity index (χ0) is 24.1. The van der Waals surface area contributed by atoms with Gasteiger partial charge in [0.2, 0.25) is 0 Å². The lowest BCUT2D eigenvalue weighted by Gasteiger charge is -2.49. The second kappa shape index (κ2) is 7.92. The van der Waals surface area contributed by atoms with Crippen molar-refractivity contribution in [3.8, 4) is 23.1 Å². The molecule has 2 N–H and O–H groups in total. The molecule has 8 heteroatoms. The van der Waals surface area contributed by atoms with E-state index in [4.69, 9.17) is 0 Å². The van der Waals surface area contributed by atoms with Crippen molar-refractivity contribution >= 4 is 23.0 Å². The predicted molar refractivity (Wildman–Crippen MR) is 128 cm³/mol. The number of phenolic OH excluding ortho intramolecular Hbond substituents is 1. The van der Waals surface area contributed by atoms with E-state index in [9.17, 15) is 15.2 Å². The van der Waals surface area contributed by atoms with Gasteiger partial charge in [0, 0.05) is 41.4 Å². The van der Waals surface area contributed by atoms with E-state index in [1.807, 2.05) is 13.1 Å². The number of hydrogen-bond acceptors (Lipinski definition) is 8. The number of nitrogens with one attached hydrogen (secondary N) is 1. The van der Waals surface area contributed by atoms with Crippen LogP contribution >= 0.6 is 0 Å². The number of rotatable bonds is 3. The molecule has 172 valence electrons. The Kier molecular flexibility index (Phi) is 5.49. The van der Waals surface area contributed by atoms with Gasteiger partial charge in [0.15, 0.2) is 11.6 Å². The van der Waals surface area contributed by atoms with Gasteiger partial charge in [0.05, 0.1) is 23.2 Å². The number of piperidine rings is 1. The highest BCUT2D eigenvalue weighted by Crippen LogP contribution is 2.41. The third kappa shape index (κ3) is 4.33. The molecular weight excluding hydrogens is 416 g/mol. The molecule has 8 nitrogen and oxygen atoms in total. The van der Waals surface area contributed by atoms with Gasteiger partial charge in [-0.05, 0) is 65.7 Å². The summed E-state index contributed by atoms with van der Waals surface area (Å²) < 4.78 is 0. The Balaban J connectivity index is 1.64. The van der Waals surface area contributed by atoms with Crippen LogP contribution in [0.15, 0.2) is 29.3 Å². The molecule has 0 bridgehead atoms. The molecule has 1 atom stereocenters. The van der Waals surface area contributed by atoms with Gasteiger partial charge in [0.1, 0.15) is 11.7 Å². The van der Waals surface area contributed by atoms with Crippen molar-refractivity contribution in [2.24, 2.45) is 4.99 Å². The summed E-state index contributed by atoms with van der Waals surface area (Å²) in [5.74, 6) is -0.534. The van der Waals surface area contributed by atoms with E-state index in [0.29, 0.717) is 28.6 Å². The first-order valence-electron chi connectivity index (χ1n) is 11.1. The Morgan fingerprint density at radius 1 is 1.15 bits per heavy atom. The first-order chi connectivity index (χ1) is 15.4. The molecule has 2 aliphatic heterocycles. The minimum Gasteiger partial charge on any atom is -0.507 e. The van der Waals surface area contributed by atoms with E-state index in [-0.39, 0.29) is 28.3 Å². The van der Waals surface area contributed by atoms with Crippen LogP contribution in [0.3, 0.4) is 0 Å². The summed E-state index contributed by atoms with van der Waals surface area (Å²) in [7, 11) is 2.03. The smallest absolute Gasteiger partial charge is 0.198 e. The van der Waals surface area contributed by atoms with Crippen LogP contribution < -0.4 is 10.2 Å². The number of phenols is 1. The van der Waals surface area contributed by atoms with Crippen LogP contribution in [0.4, 0.5) is 11.5 Å². The summed E-state index contributed by atoms with van der Waals surface area (Å²) >= 11 is 0. The van der Waals surface area contributed by atoms with Crippen molar-refractivity contribution in [2.75, 3.05) is 11.9 Å². The van der Waals surface area contributed by atoms with Gasteiger partial charge in [-0.2, -0.15) is 5.26 Å². The van der Waals surface area contributed by atoms with Gasteiger partial charge in [-0.3, -0.25) is 4.79 Å². The average Bonchev–Trinajstić information content (AvgIpc) is 2.72. The molecule has 2 aliphatic rings. The number of nitriles is 1. The fourth-order valence-electron chi connectivity index (χ4n) is 5.23. The number of fused-ring (bicyclic) bond motifs is 1. The number of carbonyl (C=O) groups is 1. The van der Waals surface area contributed by atoms with Crippen LogP contribution in [0.5, 0.6) is 5.75 Å². The third-order valence-electron chi connectivity index (χ3n) is 6.50. The molecule has 0 aliphatic carbocycles. The van der Waals surface area contributed by atoms with Gasteiger partial charge in [-0.1, -0.05) is 0 Å². The number of hydrogen-bond donors (Lipinski definition) is 2. The summed E-state index contributed by atoms with van der Waals surface area (Å²) in [6, 6.07) is 9.15. The monoisotopic (exact) mass is 446 g/mol. The number of aromatic nitrogens is 2. The topological polar surface area (TPSA) is 114 Å².